The van der Waals surface area contributed by atoms with Crippen LogP contribution in [-0.4, -0.2) is 49.9 Å². The number of nitrogens with zero attached hydrogens (tertiary/aromatic N) is 2. The van der Waals surface area contributed by atoms with Crippen LogP contribution in [0.2, 0.25) is 0 Å². The van der Waals surface area contributed by atoms with E-state index in [1.165, 1.54) is 36.9 Å². The van der Waals surface area contributed by atoms with E-state index in [1.807, 2.05) is 6.92 Å². The van der Waals surface area contributed by atoms with Gasteiger partial charge < -0.3 is 19.9 Å². The molecule has 0 unspecified atom stereocenters. The van der Waals surface area contributed by atoms with Gasteiger partial charge in [-0.2, -0.15) is 0 Å². The van der Waals surface area contributed by atoms with Crippen LogP contribution in [0.5, 0.6) is 11.5 Å². The number of H-pyrrole nitrogens is 1. The van der Waals surface area contributed by atoms with Crippen LogP contribution in [0.3, 0.4) is 0 Å². The average Bonchev–Trinajstić information content (AvgIpc) is 2.76. The molecule has 1 amide bonds. The predicted octanol–water partition coefficient (Wildman–Crippen LogP) is 1.24. The van der Waals surface area contributed by atoms with E-state index >= 15 is 0 Å². The Labute approximate surface area is 179 Å². The number of rotatable bonds is 10. The summed E-state index contributed by atoms with van der Waals surface area (Å²) in [5.74, 6) is 0.555. The molecule has 0 saturated heterocycles. The van der Waals surface area contributed by atoms with Gasteiger partial charge in [-0.1, -0.05) is 6.92 Å². The van der Waals surface area contributed by atoms with Gasteiger partial charge in [-0.25, -0.2) is 4.79 Å². The molecule has 0 fully saturated rings. The van der Waals surface area contributed by atoms with Gasteiger partial charge >= 0.3 is 5.69 Å². The second-order valence-electron chi connectivity index (χ2n) is 6.61. The minimum Gasteiger partial charge on any atom is -0.497 e. The maximum atomic E-state index is 13.0. The van der Waals surface area contributed by atoms with Gasteiger partial charge in [0.15, 0.2) is 5.69 Å². The molecular weight excluding hydrogens is 404 g/mol. The van der Waals surface area contributed by atoms with Crippen LogP contribution >= 0.6 is 0 Å². The van der Waals surface area contributed by atoms with E-state index in [-0.39, 0.29) is 24.7 Å². The molecule has 31 heavy (non-hydrogen) atoms. The number of nitrogen functional groups attached to an aromatic ring is 1. The van der Waals surface area contributed by atoms with Crippen molar-refractivity contribution in [3.05, 3.63) is 50.7 Å². The van der Waals surface area contributed by atoms with Gasteiger partial charge in [-0.15, -0.1) is 0 Å². The number of hydrogen-bond acceptors (Lipinski definition) is 7. The monoisotopic (exact) mass is 432 g/mol. The zero-order valence-electron chi connectivity index (χ0n) is 18.1. The number of carbonyl (C=O) groups excluding carboxylic acids is 1. The standard InChI is InChI=1S/C21H28N4O6/c1-5-8-25-19(22)18(20(27)23-21(25)28)24(9-10-29-2)17(26)7-6-14-11-15(30-3)13-16(12-14)31-4/h6-7,11-13H,5,8-10,22H2,1-4H3,(H,23,27,28)/b7-6+. The lowest BCUT2D eigenvalue weighted by Gasteiger charge is -2.23. The quantitative estimate of drug-likeness (QED) is 0.540. The van der Waals surface area contributed by atoms with Gasteiger partial charge in [0, 0.05) is 32.3 Å². The Bertz CT molecular complexity index is 1030. The lowest BCUT2D eigenvalue weighted by atomic mass is 10.2. The van der Waals surface area contributed by atoms with Gasteiger partial charge in [0.25, 0.3) is 11.5 Å². The highest BCUT2D eigenvalue weighted by molar-refractivity contribution is 6.05. The summed E-state index contributed by atoms with van der Waals surface area (Å²) in [6.45, 7) is 2.41. The molecule has 2 aromatic rings. The number of benzene rings is 1. The third-order valence-electron chi connectivity index (χ3n) is 4.51. The van der Waals surface area contributed by atoms with E-state index in [2.05, 4.69) is 4.98 Å². The Balaban J connectivity index is 2.47. The predicted molar refractivity (Wildman–Crippen MR) is 119 cm³/mol. The molecule has 0 bridgehead atoms. The molecule has 0 radical (unpaired) electrons. The Kier molecular flexibility index (Phi) is 8.44. The van der Waals surface area contributed by atoms with E-state index in [4.69, 9.17) is 19.9 Å². The number of nitrogens with one attached hydrogen (secondary N) is 1. The van der Waals surface area contributed by atoms with E-state index < -0.39 is 17.2 Å². The van der Waals surface area contributed by atoms with Crippen molar-refractivity contribution >= 4 is 23.5 Å². The van der Waals surface area contributed by atoms with Crippen molar-refractivity contribution in [3.8, 4) is 11.5 Å². The van der Waals surface area contributed by atoms with Crippen LogP contribution in [0.4, 0.5) is 11.5 Å². The highest BCUT2D eigenvalue weighted by Gasteiger charge is 2.22. The van der Waals surface area contributed by atoms with Crippen molar-refractivity contribution in [1.82, 2.24) is 9.55 Å². The minimum atomic E-state index is -0.740. The topological polar surface area (TPSA) is 129 Å². The van der Waals surface area contributed by atoms with Crippen molar-refractivity contribution < 1.29 is 19.0 Å². The lowest BCUT2D eigenvalue weighted by molar-refractivity contribution is -0.114. The van der Waals surface area contributed by atoms with E-state index in [1.54, 1.807) is 24.3 Å². The number of ether oxygens (including phenoxy) is 3. The molecule has 0 saturated carbocycles. The van der Waals surface area contributed by atoms with Gasteiger partial charge in [0.05, 0.1) is 20.8 Å². The second-order valence-corrected chi connectivity index (χ2v) is 6.61. The molecule has 0 spiro atoms. The van der Waals surface area contributed by atoms with Crippen LogP contribution in [-0.2, 0) is 16.1 Å². The fourth-order valence-corrected chi connectivity index (χ4v) is 2.98. The van der Waals surface area contributed by atoms with E-state index in [0.717, 1.165) is 0 Å². The number of nitrogens with two attached hydrogens (primary N) is 1. The number of anilines is 2. The molecule has 1 aromatic carbocycles. The summed E-state index contributed by atoms with van der Waals surface area (Å²) in [6.07, 6.45) is 3.50. The zero-order valence-corrected chi connectivity index (χ0v) is 18.1. The molecule has 0 aliphatic rings. The first-order valence-corrected chi connectivity index (χ1v) is 9.70. The third-order valence-corrected chi connectivity index (χ3v) is 4.51. The normalized spacial score (nSPS) is 11.0. The number of amides is 1. The van der Waals surface area contributed by atoms with Gasteiger partial charge in [-0.05, 0) is 30.2 Å². The first kappa shape index (κ1) is 23.7. The van der Waals surface area contributed by atoms with Crippen LogP contribution < -0.4 is 31.4 Å². The van der Waals surface area contributed by atoms with Gasteiger partial charge in [0.2, 0.25) is 0 Å². The summed E-state index contributed by atoms with van der Waals surface area (Å²) < 4.78 is 16.8. The maximum absolute atomic E-state index is 13.0. The molecule has 0 aliphatic carbocycles. The zero-order chi connectivity index (χ0) is 23.0. The van der Waals surface area contributed by atoms with Crippen LogP contribution in [0.15, 0.2) is 33.9 Å². The Morgan fingerprint density at radius 3 is 2.35 bits per heavy atom. The number of aromatic amines is 1. The number of hydrogen-bond donors (Lipinski definition) is 2. The Morgan fingerprint density at radius 1 is 1.16 bits per heavy atom. The summed E-state index contributed by atoms with van der Waals surface area (Å²) in [5.41, 5.74) is 5.32. The molecule has 168 valence electrons. The summed E-state index contributed by atoms with van der Waals surface area (Å²) in [7, 11) is 4.53. The lowest BCUT2D eigenvalue weighted by Crippen LogP contribution is -2.42. The Hall–Kier alpha value is -3.53. The highest BCUT2D eigenvalue weighted by Crippen LogP contribution is 2.24. The van der Waals surface area contributed by atoms with E-state index in [9.17, 15) is 14.4 Å². The van der Waals surface area contributed by atoms with E-state index in [0.29, 0.717) is 30.0 Å². The summed E-state index contributed by atoms with van der Waals surface area (Å²) in [5, 5.41) is 0. The van der Waals surface area contributed by atoms with Crippen LogP contribution in [0, 0.1) is 0 Å². The molecule has 0 atom stereocenters. The summed E-state index contributed by atoms with van der Waals surface area (Å²) in [4.78, 5) is 41.1. The second kappa shape index (κ2) is 11.0. The van der Waals surface area contributed by atoms with Crippen molar-refractivity contribution in [2.75, 3.05) is 45.1 Å². The summed E-state index contributed by atoms with van der Waals surface area (Å²) in [6, 6.07) is 5.17. The molecule has 2 rings (SSSR count). The molecule has 10 heteroatoms. The molecule has 1 heterocycles. The van der Waals surface area contributed by atoms with Crippen molar-refractivity contribution in [3.63, 3.8) is 0 Å². The Morgan fingerprint density at radius 2 is 1.81 bits per heavy atom. The SMILES string of the molecule is CCCn1c(N)c(N(CCOC)C(=O)/C=C/c2cc(OC)cc(OC)c2)c(=O)[nH]c1=O. The number of carbonyl (C=O) groups is 1. The van der Waals surface area contributed by atoms with Crippen LogP contribution in [0.25, 0.3) is 6.08 Å². The third kappa shape index (κ3) is 5.76. The van der Waals surface area contributed by atoms with Gasteiger partial charge in [0.1, 0.15) is 17.3 Å². The number of aromatic nitrogens is 2. The minimum absolute atomic E-state index is 0.0682. The largest absolute Gasteiger partial charge is 0.497 e. The molecule has 0 aliphatic heterocycles. The fraction of sp³-hybridized carbons (Fsp3) is 0.381. The molecular formula is C21H28N4O6. The molecule has 10 nitrogen and oxygen atoms in total. The molecule has 3 N–H and O–H groups in total. The highest BCUT2D eigenvalue weighted by atomic mass is 16.5. The van der Waals surface area contributed by atoms with Crippen LogP contribution in [0.1, 0.15) is 18.9 Å². The first-order valence-electron chi connectivity index (χ1n) is 9.70. The van der Waals surface area contributed by atoms with Gasteiger partial charge in [-0.3, -0.25) is 24.0 Å². The van der Waals surface area contributed by atoms with Crippen molar-refractivity contribution in [2.45, 2.75) is 19.9 Å². The maximum Gasteiger partial charge on any atom is 0.330 e. The van der Waals surface area contributed by atoms with Crippen molar-refractivity contribution in [2.24, 2.45) is 0 Å². The first-order chi connectivity index (χ1) is 14.9. The average molecular weight is 432 g/mol. The summed E-state index contributed by atoms with van der Waals surface area (Å²) >= 11 is 0. The molecule has 1 aromatic heterocycles. The fourth-order valence-electron chi connectivity index (χ4n) is 2.98. The smallest absolute Gasteiger partial charge is 0.330 e. The number of methoxy groups -OCH3 is 3. The van der Waals surface area contributed by atoms with Crippen molar-refractivity contribution in [1.29, 1.82) is 0 Å².